The number of carbonyl (C=O) groups is 1. The van der Waals surface area contributed by atoms with Gasteiger partial charge in [-0.05, 0) is 49.7 Å². The third-order valence-electron chi connectivity index (χ3n) is 2.95. The summed E-state index contributed by atoms with van der Waals surface area (Å²) in [5, 5.41) is 0. The van der Waals surface area contributed by atoms with Crippen molar-refractivity contribution in [2.24, 2.45) is 0 Å². The predicted molar refractivity (Wildman–Crippen MR) is 81.4 cm³/mol. The van der Waals surface area contributed by atoms with Crippen LogP contribution in [-0.4, -0.2) is 21.0 Å². The van der Waals surface area contributed by atoms with E-state index in [2.05, 4.69) is 0 Å². The molecule has 0 radical (unpaired) electrons. The van der Waals surface area contributed by atoms with Gasteiger partial charge in [-0.1, -0.05) is 18.2 Å². The van der Waals surface area contributed by atoms with Crippen LogP contribution in [0.25, 0.3) is 0 Å². The van der Waals surface area contributed by atoms with Gasteiger partial charge in [0.2, 0.25) is 0 Å². The first-order valence-corrected chi connectivity index (χ1v) is 8.12. The van der Waals surface area contributed by atoms with Gasteiger partial charge < -0.3 is 8.92 Å². The third kappa shape index (κ3) is 3.65. The highest BCUT2D eigenvalue weighted by molar-refractivity contribution is 7.87. The zero-order valence-corrected chi connectivity index (χ0v) is 13.1. The first kappa shape index (κ1) is 16.0. The highest BCUT2D eigenvalue weighted by atomic mass is 32.2. The SMILES string of the molecule is CCOC(=O)c1ccc(S(=O)(=O)Oc2ccccc2C)cc1. The second-order valence-corrected chi connectivity index (χ2v) is 6.09. The molecule has 0 saturated carbocycles. The Morgan fingerprint density at radius 1 is 1.05 bits per heavy atom. The molecule has 0 aliphatic carbocycles. The lowest BCUT2D eigenvalue weighted by Gasteiger charge is -2.09. The van der Waals surface area contributed by atoms with E-state index in [4.69, 9.17) is 8.92 Å². The fourth-order valence-corrected chi connectivity index (χ4v) is 2.78. The minimum Gasteiger partial charge on any atom is -0.462 e. The first-order valence-electron chi connectivity index (χ1n) is 6.71. The second-order valence-electron chi connectivity index (χ2n) is 4.55. The van der Waals surface area contributed by atoms with Gasteiger partial charge in [-0.15, -0.1) is 0 Å². The van der Waals surface area contributed by atoms with Crippen LogP contribution < -0.4 is 4.18 Å². The van der Waals surface area contributed by atoms with E-state index in [1.165, 1.54) is 24.3 Å². The predicted octanol–water partition coefficient (Wildman–Crippen LogP) is 2.94. The van der Waals surface area contributed by atoms with Crippen LogP contribution in [0.1, 0.15) is 22.8 Å². The van der Waals surface area contributed by atoms with Crippen molar-refractivity contribution >= 4 is 16.1 Å². The molecule has 0 atom stereocenters. The number of carbonyl (C=O) groups excluding carboxylic acids is 1. The molecule has 0 aliphatic rings. The largest absolute Gasteiger partial charge is 0.462 e. The summed E-state index contributed by atoms with van der Waals surface area (Å²) in [4.78, 5) is 11.5. The lowest BCUT2D eigenvalue weighted by atomic mass is 10.2. The quantitative estimate of drug-likeness (QED) is 0.626. The van der Waals surface area contributed by atoms with E-state index in [0.717, 1.165) is 0 Å². The average Bonchev–Trinajstić information content (AvgIpc) is 2.50. The Hall–Kier alpha value is -2.34. The minimum absolute atomic E-state index is 0.0243. The van der Waals surface area contributed by atoms with Crippen molar-refractivity contribution in [3.8, 4) is 5.75 Å². The van der Waals surface area contributed by atoms with Crippen LogP contribution in [0.3, 0.4) is 0 Å². The lowest BCUT2D eigenvalue weighted by Crippen LogP contribution is -2.11. The molecule has 0 unspecified atom stereocenters. The third-order valence-corrected chi connectivity index (χ3v) is 4.20. The molecule has 5 nitrogen and oxygen atoms in total. The van der Waals surface area contributed by atoms with Gasteiger partial charge in [-0.25, -0.2) is 4.79 Å². The molecule has 22 heavy (non-hydrogen) atoms. The Balaban J connectivity index is 2.23. The van der Waals surface area contributed by atoms with Crippen molar-refractivity contribution in [1.29, 1.82) is 0 Å². The Morgan fingerprint density at radius 2 is 1.68 bits per heavy atom. The fourth-order valence-electron chi connectivity index (χ4n) is 1.79. The molecule has 0 fully saturated rings. The zero-order valence-electron chi connectivity index (χ0n) is 12.3. The molecular weight excluding hydrogens is 304 g/mol. The number of benzene rings is 2. The van der Waals surface area contributed by atoms with Crippen LogP contribution >= 0.6 is 0 Å². The lowest BCUT2D eigenvalue weighted by molar-refractivity contribution is 0.0526. The molecule has 0 aliphatic heterocycles. The monoisotopic (exact) mass is 320 g/mol. The van der Waals surface area contributed by atoms with Gasteiger partial charge in [0.1, 0.15) is 10.6 Å². The summed E-state index contributed by atoms with van der Waals surface area (Å²) >= 11 is 0. The molecule has 0 saturated heterocycles. The second kappa shape index (κ2) is 6.62. The van der Waals surface area contributed by atoms with E-state index in [1.807, 2.05) is 0 Å². The summed E-state index contributed by atoms with van der Waals surface area (Å²) < 4.78 is 34.4. The van der Waals surface area contributed by atoms with Crippen molar-refractivity contribution in [2.45, 2.75) is 18.7 Å². The number of rotatable bonds is 5. The number of aryl methyl sites for hydroxylation is 1. The molecule has 0 spiro atoms. The zero-order chi connectivity index (χ0) is 16.2. The van der Waals surface area contributed by atoms with E-state index in [0.29, 0.717) is 5.56 Å². The van der Waals surface area contributed by atoms with Crippen LogP contribution in [0.2, 0.25) is 0 Å². The van der Waals surface area contributed by atoms with Gasteiger partial charge >= 0.3 is 16.1 Å². The van der Waals surface area contributed by atoms with Crippen LogP contribution in [-0.2, 0) is 14.9 Å². The van der Waals surface area contributed by atoms with Crippen molar-refractivity contribution in [3.05, 3.63) is 59.7 Å². The Morgan fingerprint density at radius 3 is 2.27 bits per heavy atom. The molecule has 0 N–H and O–H groups in total. The van der Waals surface area contributed by atoms with Gasteiger partial charge in [-0.2, -0.15) is 8.42 Å². The molecular formula is C16H16O5S. The van der Waals surface area contributed by atoms with Crippen molar-refractivity contribution in [1.82, 2.24) is 0 Å². The van der Waals surface area contributed by atoms with Crippen molar-refractivity contribution < 1.29 is 22.1 Å². The maximum atomic E-state index is 12.2. The highest BCUT2D eigenvalue weighted by Crippen LogP contribution is 2.22. The van der Waals surface area contributed by atoms with E-state index >= 15 is 0 Å². The van der Waals surface area contributed by atoms with Gasteiger partial charge in [0, 0.05) is 0 Å². The molecule has 0 heterocycles. The number of hydrogen-bond donors (Lipinski definition) is 0. The highest BCUT2D eigenvalue weighted by Gasteiger charge is 2.18. The number of ether oxygens (including phenoxy) is 1. The molecule has 0 amide bonds. The topological polar surface area (TPSA) is 69.7 Å². The van der Waals surface area contributed by atoms with E-state index in [-0.39, 0.29) is 22.8 Å². The smallest absolute Gasteiger partial charge is 0.339 e. The maximum absolute atomic E-state index is 12.2. The fraction of sp³-hybridized carbons (Fsp3) is 0.188. The normalized spacial score (nSPS) is 11.0. The Kier molecular flexibility index (Phi) is 4.82. The van der Waals surface area contributed by atoms with Crippen LogP contribution in [0.4, 0.5) is 0 Å². The molecule has 2 aromatic carbocycles. The van der Waals surface area contributed by atoms with Gasteiger partial charge in [0.05, 0.1) is 12.2 Å². The van der Waals surface area contributed by atoms with Crippen LogP contribution in [0, 0.1) is 6.92 Å². The maximum Gasteiger partial charge on any atom is 0.339 e. The minimum atomic E-state index is -3.94. The molecule has 0 aromatic heterocycles. The summed E-state index contributed by atoms with van der Waals surface area (Å²) in [6, 6.07) is 12.3. The van der Waals surface area contributed by atoms with Gasteiger partial charge in [0.25, 0.3) is 0 Å². The summed E-state index contributed by atoms with van der Waals surface area (Å²) in [5.74, 6) is -0.219. The van der Waals surface area contributed by atoms with Crippen molar-refractivity contribution in [2.75, 3.05) is 6.61 Å². The number of hydrogen-bond acceptors (Lipinski definition) is 5. The summed E-state index contributed by atoms with van der Waals surface area (Å²) in [7, 11) is -3.94. The summed E-state index contributed by atoms with van der Waals surface area (Å²) in [6.07, 6.45) is 0. The molecule has 2 rings (SSSR count). The summed E-state index contributed by atoms with van der Waals surface area (Å²) in [6.45, 7) is 3.72. The number of para-hydroxylation sites is 1. The molecule has 116 valence electrons. The Labute approximate surface area is 129 Å². The molecule has 6 heteroatoms. The van der Waals surface area contributed by atoms with Crippen LogP contribution in [0.5, 0.6) is 5.75 Å². The van der Waals surface area contributed by atoms with E-state index < -0.39 is 16.1 Å². The van der Waals surface area contributed by atoms with E-state index in [1.54, 1.807) is 38.1 Å². The number of esters is 1. The molecule has 2 aromatic rings. The summed E-state index contributed by atoms with van der Waals surface area (Å²) in [5.41, 5.74) is 1.01. The average molecular weight is 320 g/mol. The van der Waals surface area contributed by atoms with E-state index in [9.17, 15) is 13.2 Å². The standard InChI is InChI=1S/C16H16O5S/c1-3-20-16(17)13-8-10-14(11-9-13)22(18,19)21-15-7-5-4-6-12(15)2/h4-11H,3H2,1-2H3. The van der Waals surface area contributed by atoms with Crippen molar-refractivity contribution in [3.63, 3.8) is 0 Å². The van der Waals surface area contributed by atoms with Gasteiger partial charge in [0.15, 0.2) is 0 Å². The molecule has 0 bridgehead atoms. The van der Waals surface area contributed by atoms with Crippen LogP contribution in [0.15, 0.2) is 53.4 Å². The van der Waals surface area contributed by atoms with Gasteiger partial charge in [-0.3, -0.25) is 0 Å². The Bertz CT molecular complexity index is 763. The first-order chi connectivity index (χ1) is 10.4.